The second-order valence-corrected chi connectivity index (χ2v) is 5.98. The topological polar surface area (TPSA) is 37.4 Å². The summed E-state index contributed by atoms with van der Waals surface area (Å²) in [5, 5.41) is 0. The monoisotopic (exact) mass is 225 g/mol. The van der Waals surface area contributed by atoms with Crippen LogP contribution in [0.25, 0.3) is 0 Å². The highest BCUT2D eigenvalue weighted by atomic mass is 35.5. The molecule has 1 rings (SSSR count). The van der Waals surface area contributed by atoms with Gasteiger partial charge in [-0.1, -0.05) is 6.92 Å². The van der Waals surface area contributed by atoms with E-state index in [1.165, 1.54) is 0 Å². The number of sulfone groups is 1. The van der Waals surface area contributed by atoms with E-state index in [1.807, 2.05) is 6.92 Å². The summed E-state index contributed by atoms with van der Waals surface area (Å²) in [6.45, 7) is 3.71. The number of nitrogens with zero attached hydrogens (tertiary/aromatic N) is 1. The molecular weight excluding hydrogens is 210 g/mol. The standard InChI is InChI=1S/C8H16ClNO2S/c1-2-10(5-4-9)8-3-6-13(11,12)7-8/h8H,2-7H2,1H3. The molecule has 5 heteroatoms. The van der Waals surface area contributed by atoms with Crippen LogP contribution >= 0.6 is 11.6 Å². The maximum absolute atomic E-state index is 11.2. The molecule has 0 N–H and O–H groups in total. The van der Waals surface area contributed by atoms with Crippen LogP contribution in [-0.4, -0.2) is 49.8 Å². The molecule has 3 nitrogen and oxygen atoms in total. The van der Waals surface area contributed by atoms with Crippen LogP contribution in [0, 0.1) is 0 Å². The molecule has 1 atom stereocenters. The molecule has 0 bridgehead atoms. The summed E-state index contributed by atoms with van der Waals surface area (Å²) >= 11 is 5.63. The van der Waals surface area contributed by atoms with Gasteiger partial charge in [0, 0.05) is 18.5 Å². The van der Waals surface area contributed by atoms with Crippen LogP contribution in [0.1, 0.15) is 13.3 Å². The van der Waals surface area contributed by atoms with Crippen molar-refractivity contribution in [3.63, 3.8) is 0 Å². The lowest BCUT2D eigenvalue weighted by Crippen LogP contribution is -2.37. The fourth-order valence-electron chi connectivity index (χ4n) is 1.77. The number of halogens is 1. The molecule has 1 heterocycles. The Labute approximate surface area is 85.0 Å². The van der Waals surface area contributed by atoms with Gasteiger partial charge >= 0.3 is 0 Å². The van der Waals surface area contributed by atoms with Crippen LogP contribution in [0.15, 0.2) is 0 Å². The van der Waals surface area contributed by atoms with Crippen LogP contribution in [0.5, 0.6) is 0 Å². The van der Waals surface area contributed by atoms with Crippen LogP contribution in [0.3, 0.4) is 0 Å². The van der Waals surface area contributed by atoms with Crippen molar-refractivity contribution >= 4 is 21.4 Å². The average Bonchev–Trinajstić information content (AvgIpc) is 2.42. The quantitative estimate of drug-likeness (QED) is 0.663. The summed E-state index contributed by atoms with van der Waals surface area (Å²) in [5.74, 6) is 1.23. The van der Waals surface area contributed by atoms with Gasteiger partial charge in [-0.05, 0) is 13.0 Å². The summed E-state index contributed by atoms with van der Waals surface area (Å²) in [6.07, 6.45) is 0.771. The van der Waals surface area contributed by atoms with Crippen LogP contribution < -0.4 is 0 Å². The zero-order valence-electron chi connectivity index (χ0n) is 7.87. The van der Waals surface area contributed by atoms with E-state index in [0.29, 0.717) is 17.4 Å². The molecule has 1 saturated heterocycles. The largest absolute Gasteiger partial charge is 0.298 e. The average molecular weight is 226 g/mol. The van der Waals surface area contributed by atoms with Crippen molar-refractivity contribution in [3.8, 4) is 0 Å². The van der Waals surface area contributed by atoms with Crippen molar-refractivity contribution in [1.29, 1.82) is 0 Å². The minimum Gasteiger partial charge on any atom is -0.298 e. The molecule has 0 radical (unpaired) electrons. The first-order chi connectivity index (χ1) is 6.09. The summed E-state index contributed by atoms with van der Waals surface area (Å²) in [5.41, 5.74) is 0. The normalized spacial score (nSPS) is 26.8. The smallest absolute Gasteiger partial charge is 0.151 e. The predicted octanol–water partition coefficient (Wildman–Crippen LogP) is 0.734. The molecule has 0 aromatic heterocycles. The molecule has 13 heavy (non-hydrogen) atoms. The maximum atomic E-state index is 11.2. The Hall–Kier alpha value is 0.200. The number of rotatable bonds is 4. The third-order valence-electron chi connectivity index (χ3n) is 2.50. The molecule has 1 aliphatic heterocycles. The Morgan fingerprint density at radius 3 is 2.62 bits per heavy atom. The van der Waals surface area contributed by atoms with Crippen LogP contribution in [0.2, 0.25) is 0 Å². The molecule has 0 aromatic carbocycles. The van der Waals surface area contributed by atoms with E-state index in [0.717, 1.165) is 19.5 Å². The fourth-order valence-corrected chi connectivity index (χ4v) is 3.75. The highest BCUT2D eigenvalue weighted by Crippen LogP contribution is 2.17. The Morgan fingerprint density at radius 2 is 2.23 bits per heavy atom. The zero-order chi connectivity index (χ0) is 9.90. The van der Waals surface area contributed by atoms with Crippen LogP contribution in [-0.2, 0) is 9.84 Å². The first-order valence-electron chi connectivity index (χ1n) is 4.59. The molecule has 0 aromatic rings. The molecule has 0 saturated carbocycles. The predicted molar refractivity (Wildman–Crippen MR) is 55.0 cm³/mol. The van der Waals surface area contributed by atoms with E-state index in [-0.39, 0.29) is 6.04 Å². The second kappa shape index (κ2) is 4.62. The third kappa shape index (κ3) is 3.11. The Balaban J connectivity index is 2.52. The van der Waals surface area contributed by atoms with Gasteiger partial charge in [-0.15, -0.1) is 11.6 Å². The van der Waals surface area contributed by atoms with E-state index in [1.54, 1.807) is 0 Å². The van der Waals surface area contributed by atoms with Crippen molar-refractivity contribution in [2.24, 2.45) is 0 Å². The molecule has 0 amide bonds. The van der Waals surface area contributed by atoms with Crippen molar-refractivity contribution in [1.82, 2.24) is 4.90 Å². The Kier molecular flexibility index (Phi) is 4.01. The van der Waals surface area contributed by atoms with Gasteiger partial charge in [-0.2, -0.15) is 0 Å². The van der Waals surface area contributed by atoms with Gasteiger partial charge in [0.05, 0.1) is 11.5 Å². The zero-order valence-corrected chi connectivity index (χ0v) is 9.44. The molecular formula is C8H16ClNO2S. The van der Waals surface area contributed by atoms with Crippen molar-refractivity contribution in [2.75, 3.05) is 30.5 Å². The van der Waals surface area contributed by atoms with Crippen molar-refractivity contribution in [3.05, 3.63) is 0 Å². The maximum Gasteiger partial charge on any atom is 0.151 e. The second-order valence-electron chi connectivity index (χ2n) is 3.37. The first-order valence-corrected chi connectivity index (χ1v) is 6.95. The van der Waals surface area contributed by atoms with E-state index < -0.39 is 9.84 Å². The fraction of sp³-hybridized carbons (Fsp3) is 1.00. The lowest BCUT2D eigenvalue weighted by molar-refractivity contribution is 0.237. The van der Waals surface area contributed by atoms with Crippen LogP contribution in [0.4, 0.5) is 0 Å². The third-order valence-corrected chi connectivity index (χ3v) is 4.42. The molecule has 1 fully saturated rings. The number of alkyl halides is 1. The van der Waals surface area contributed by atoms with Gasteiger partial charge in [0.2, 0.25) is 0 Å². The SMILES string of the molecule is CCN(CCCl)C1CCS(=O)(=O)C1. The minimum absolute atomic E-state index is 0.203. The van der Waals surface area contributed by atoms with Crippen molar-refractivity contribution < 1.29 is 8.42 Å². The first kappa shape index (κ1) is 11.3. The summed E-state index contributed by atoms with van der Waals surface area (Å²) in [7, 11) is -2.75. The van der Waals surface area contributed by atoms with Gasteiger partial charge in [0.25, 0.3) is 0 Å². The van der Waals surface area contributed by atoms with Gasteiger partial charge < -0.3 is 0 Å². The lowest BCUT2D eigenvalue weighted by atomic mass is 10.2. The molecule has 1 unspecified atom stereocenters. The molecule has 0 aliphatic carbocycles. The minimum atomic E-state index is -2.75. The highest BCUT2D eigenvalue weighted by Gasteiger charge is 2.30. The van der Waals surface area contributed by atoms with Gasteiger partial charge in [-0.3, -0.25) is 4.90 Å². The van der Waals surface area contributed by atoms with Crippen molar-refractivity contribution in [2.45, 2.75) is 19.4 Å². The Morgan fingerprint density at radius 1 is 1.54 bits per heavy atom. The lowest BCUT2D eigenvalue weighted by Gasteiger charge is -2.25. The highest BCUT2D eigenvalue weighted by molar-refractivity contribution is 7.91. The van der Waals surface area contributed by atoms with Gasteiger partial charge in [0.15, 0.2) is 9.84 Å². The molecule has 1 aliphatic rings. The summed E-state index contributed by atoms with van der Waals surface area (Å²) in [6, 6.07) is 0.203. The van der Waals surface area contributed by atoms with E-state index >= 15 is 0 Å². The van der Waals surface area contributed by atoms with E-state index in [2.05, 4.69) is 4.90 Å². The molecule has 0 spiro atoms. The number of hydrogen-bond acceptors (Lipinski definition) is 3. The summed E-state index contributed by atoms with van der Waals surface area (Å²) in [4.78, 5) is 2.15. The van der Waals surface area contributed by atoms with E-state index in [9.17, 15) is 8.42 Å². The van der Waals surface area contributed by atoms with E-state index in [4.69, 9.17) is 11.6 Å². The Bertz CT molecular complexity index is 253. The summed E-state index contributed by atoms with van der Waals surface area (Å²) < 4.78 is 22.4. The van der Waals surface area contributed by atoms with Gasteiger partial charge in [-0.25, -0.2) is 8.42 Å². The van der Waals surface area contributed by atoms with Gasteiger partial charge in [0.1, 0.15) is 0 Å². The molecule has 78 valence electrons. The number of hydrogen-bond donors (Lipinski definition) is 0.